The number of phenolic OH excluding ortho intramolecular Hbond substituents is 1. The van der Waals surface area contributed by atoms with Gasteiger partial charge in [-0.2, -0.15) is 0 Å². The van der Waals surface area contributed by atoms with E-state index >= 15 is 0 Å². The van der Waals surface area contributed by atoms with E-state index in [2.05, 4.69) is 23.6 Å². The highest BCUT2D eigenvalue weighted by Gasteiger charge is 2.22. The van der Waals surface area contributed by atoms with E-state index in [1.54, 1.807) is 12.1 Å². The average molecular weight is 407 g/mol. The van der Waals surface area contributed by atoms with Crippen LogP contribution in [0.15, 0.2) is 51.7 Å². The highest BCUT2D eigenvalue weighted by atomic mass is 16.3. The van der Waals surface area contributed by atoms with Crippen molar-refractivity contribution in [3.63, 3.8) is 0 Å². The number of fused-ring (bicyclic) bond motifs is 1. The number of piperazine rings is 1. The molecule has 0 amide bonds. The summed E-state index contributed by atoms with van der Waals surface area (Å²) in [6.45, 7) is 11.9. The smallest absolute Gasteiger partial charge is 0.200 e. The number of aromatic hydroxyl groups is 1. The molecule has 30 heavy (non-hydrogen) atoms. The summed E-state index contributed by atoms with van der Waals surface area (Å²) in [7, 11) is 0. The predicted octanol–water partition coefficient (Wildman–Crippen LogP) is 4.25. The molecule has 0 spiro atoms. The number of phenols is 1. The highest BCUT2D eigenvalue weighted by molar-refractivity contribution is 5.86. The first-order chi connectivity index (χ1) is 14.4. The minimum absolute atomic E-state index is 0.0528. The summed E-state index contributed by atoms with van der Waals surface area (Å²) in [6.07, 6.45) is 0. The molecule has 1 fully saturated rings. The second-order valence-electron chi connectivity index (χ2n) is 8.64. The number of aryl methyl sites for hydroxylation is 1. The molecule has 0 unspecified atom stereocenters. The van der Waals surface area contributed by atoms with E-state index in [0.717, 1.165) is 38.3 Å². The van der Waals surface area contributed by atoms with Gasteiger partial charge in [0.05, 0.1) is 16.5 Å². The van der Waals surface area contributed by atoms with E-state index < -0.39 is 0 Å². The van der Waals surface area contributed by atoms with Gasteiger partial charge in [0, 0.05) is 39.3 Å². The van der Waals surface area contributed by atoms with Gasteiger partial charge in [-0.25, -0.2) is 0 Å². The number of hydrogen-bond acceptors (Lipinski definition) is 5. The zero-order chi connectivity index (χ0) is 21.3. The summed E-state index contributed by atoms with van der Waals surface area (Å²) in [5.74, 6) is 1.42. The topological polar surface area (TPSA) is 56.9 Å². The van der Waals surface area contributed by atoms with E-state index in [0.29, 0.717) is 40.3 Å². The minimum Gasteiger partial charge on any atom is -0.507 e. The molecular formula is C25H30N2O3. The Kier molecular flexibility index (Phi) is 5.93. The monoisotopic (exact) mass is 406 g/mol. The maximum Gasteiger partial charge on any atom is 0.200 e. The van der Waals surface area contributed by atoms with Crippen molar-refractivity contribution >= 4 is 11.0 Å². The minimum atomic E-state index is -0.0528. The van der Waals surface area contributed by atoms with Crippen LogP contribution in [0.5, 0.6) is 5.75 Å². The second kappa shape index (κ2) is 8.62. The van der Waals surface area contributed by atoms with Gasteiger partial charge in [0.1, 0.15) is 17.1 Å². The lowest BCUT2D eigenvalue weighted by molar-refractivity contribution is 0.117. The van der Waals surface area contributed by atoms with E-state index in [1.807, 2.05) is 37.3 Å². The molecule has 158 valence electrons. The Hall–Kier alpha value is -2.63. The van der Waals surface area contributed by atoms with Crippen molar-refractivity contribution in [1.82, 2.24) is 9.80 Å². The summed E-state index contributed by atoms with van der Waals surface area (Å²) in [5.41, 5.74) is 2.58. The zero-order valence-electron chi connectivity index (χ0n) is 18.0. The van der Waals surface area contributed by atoms with Crippen LogP contribution in [-0.4, -0.2) is 47.6 Å². The van der Waals surface area contributed by atoms with Crippen LogP contribution in [0.1, 0.15) is 25.2 Å². The predicted molar refractivity (Wildman–Crippen MR) is 121 cm³/mol. The number of rotatable bonds is 5. The molecule has 0 aliphatic carbocycles. The zero-order valence-corrected chi connectivity index (χ0v) is 18.0. The molecule has 0 atom stereocenters. The summed E-state index contributed by atoms with van der Waals surface area (Å²) in [5, 5.41) is 11.1. The molecule has 1 aliphatic rings. The largest absolute Gasteiger partial charge is 0.507 e. The third-order valence-corrected chi connectivity index (χ3v) is 5.85. The van der Waals surface area contributed by atoms with Gasteiger partial charge >= 0.3 is 0 Å². The van der Waals surface area contributed by atoms with Crippen molar-refractivity contribution in [1.29, 1.82) is 0 Å². The van der Waals surface area contributed by atoms with Crippen molar-refractivity contribution in [2.45, 2.75) is 27.3 Å². The third-order valence-electron chi connectivity index (χ3n) is 5.85. The first-order valence-electron chi connectivity index (χ1n) is 10.7. The molecule has 4 rings (SSSR count). The van der Waals surface area contributed by atoms with Crippen LogP contribution in [0, 0.1) is 12.8 Å². The number of hydrogen-bond donors (Lipinski definition) is 1. The molecule has 1 aliphatic heterocycles. The molecule has 1 saturated heterocycles. The average Bonchev–Trinajstić information content (AvgIpc) is 2.72. The lowest BCUT2D eigenvalue weighted by Crippen LogP contribution is -2.46. The van der Waals surface area contributed by atoms with Gasteiger partial charge in [-0.1, -0.05) is 44.2 Å². The standard InChI is InChI=1S/C25H30N2O3/c1-17(2)15-26-11-13-27(14-12-26)16-21-22(28)10-9-20-24(29)23(18(3)30-25(20)21)19-7-5-4-6-8-19/h4-10,17,28H,11-16H2,1-3H3. The fraction of sp³-hybridized carbons (Fsp3) is 0.400. The van der Waals surface area contributed by atoms with Gasteiger partial charge in [0.15, 0.2) is 0 Å². The first-order valence-corrected chi connectivity index (χ1v) is 10.7. The van der Waals surface area contributed by atoms with Crippen LogP contribution in [-0.2, 0) is 6.54 Å². The molecule has 1 N–H and O–H groups in total. The van der Waals surface area contributed by atoms with E-state index in [1.165, 1.54) is 0 Å². The van der Waals surface area contributed by atoms with E-state index in [9.17, 15) is 9.90 Å². The molecular weight excluding hydrogens is 376 g/mol. The normalized spacial score (nSPS) is 15.9. The lowest BCUT2D eigenvalue weighted by atomic mass is 10.0. The van der Waals surface area contributed by atoms with Crippen molar-refractivity contribution in [2.24, 2.45) is 5.92 Å². The molecule has 0 bridgehead atoms. The van der Waals surface area contributed by atoms with Crippen LogP contribution >= 0.6 is 0 Å². The van der Waals surface area contributed by atoms with Crippen LogP contribution in [0.4, 0.5) is 0 Å². The number of nitrogens with zero attached hydrogens (tertiary/aromatic N) is 2. The van der Waals surface area contributed by atoms with Gasteiger partial charge in [-0.15, -0.1) is 0 Å². The quantitative estimate of drug-likeness (QED) is 0.687. The van der Waals surface area contributed by atoms with Gasteiger partial charge < -0.3 is 14.4 Å². The summed E-state index contributed by atoms with van der Waals surface area (Å²) in [6, 6.07) is 12.9. The van der Waals surface area contributed by atoms with E-state index in [4.69, 9.17) is 4.42 Å². The van der Waals surface area contributed by atoms with Crippen LogP contribution in [0.25, 0.3) is 22.1 Å². The lowest BCUT2D eigenvalue weighted by Gasteiger charge is -2.35. The number of benzene rings is 2. The Balaban J connectivity index is 1.66. The Bertz CT molecular complexity index is 1080. The maximum absolute atomic E-state index is 13.3. The molecule has 0 radical (unpaired) electrons. The molecule has 3 aromatic rings. The van der Waals surface area contributed by atoms with Crippen molar-refractivity contribution in [2.75, 3.05) is 32.7 Å². The maximum atomic E-state index is 13.3. The summed E-state index contributed by atoms with van der Waals surface area (Å²) < 4.78 is 6.16. The van der Waals surface area contributed by atoms with Crippen LogP contribution in [0.3, 0.4) is 0 Å². The van der Waals surface area contributed by atoms with Crippen molar-refractivity contribution in [3.05, 3.63) is 64.0 Å². The van der Waals surface area contributed by atoms with Crippen molar-refractivity contribution in [3.8, 4) is 16.9 Å². The SMILES string of the molecule is Cc1oc2c(CN3CCN(CC(C)C)CC3)c(O)ccc2c(=O)c1-c1ccccc1. The Morgan fingerprint density at radius 3 is 2.33 bits per heavy atom. The Labute approximate surface area is 177 Å². The molecule has 5 nitrogen and oxygen atoms in total. The first kappa shape index (κ1) is 20.6. The second-order valence-corrected chi connectivity index (χ2v) is 8.64. The fourth-order valence-corrected chi connectivity index (χ4v) is 4.37. The van der Waals surface area contributed by atoms with E-state index in [-0.39, 0.29) is 11.2 Å². The highest BCUT2D eigenvalue weighted by Crippen LogP contribution is 2.31. The van der Waals surface area contributed by atoms with Crippen LogP contribution in [0.2, 0.25) is 0 Å². The van der Waals surface area contributed by atoms with Crippen LogP contribution < -0.4 is 5.43 Å². The molecule has 2 aromatic carbocycles. The molecule has 1 aromatic heterocycles. The molecule has 0 saturated carbocycles. The fourth-order valence-electron chi connectivity index (χ4n) is 4.37. The molecule has 5 heteroatoms. The van der Waals surface area contributed by atoms with Gasteiger partial charge in [-0.3, -0.25) is 9.69 Å². The van der Waals surface area contributed by atoms with Gasteiger partial charge in [0.25, 0.3) is 0 Å². The third kappa shape index (κ3) is 4.13. The van der Waals surface area contributed by atoms with Crippen molar-refractivity contribution < 1.29 is 9.52 Å². The Morgan fingerprint density at radius 2 is 1.67 bits per heavy atom. The van der Waals surface area contributed by atoms with Gasteiger partial charge in [0.2, 0.25) is 5.43 Å². The summed E-state index contributed by atoms with van der Waals surface area (Å²) >= 11 is 0. The van der Waals surface area contributed by atoms with Gasteiger partial charge in [-0.05, 0) is 30.5 Å². The molecule has 2 heterocycles. The Morgan fingerprint density at radius 1 is 1.00 bits per heavy atom. The summed E-state index contributed by atoms with van der Waals surface area (Å²) in [4.78, 5) is 18.1.